The fraction of sp³-hybridized carbons (Fsp3) is 0.455. The molecule has 1 aromatic carbocycles. The van der Waals surface area contributed by atoms with Gasteiger partial charge in [0.1, 0.15) is 0 Å². The van der Waals surface area contributed by atoms with E-state index in [1.54, 1.807) is 0 Å². The molecule has 0 radical (unpaired) electrons. The molecular weight excluding hydrogens is 240 g/mol. The van der Waals surface area contributed by atoms with Crippen molar-refractivity contribution in [2.24, 2.45) is 5.73 Å². The van der Waals surface area contributed by atoms with E-state index in [0.29, 0.717) is 6.04 Å². The number of hydrogen-bond donors (Lipinski definition) is 1. The average Bonchev–Trinajstić information content (AvgIpc) is 2.46. The Morgan fingerprint density at radius 3 is 2.86 bits per heavy atom. The molecule has 1 aromatic rings. The summed E-state index contributed by atoms with van der Waals surface area (Å²) in [5.41, 5.74) is 8.65. The molecule has 2 nitrogen and oxygen atoms in total. The van der Waals surface area contributed by atoms with Gasteiger partial charge in [0.05, 0.1) is 0 Å². The Bertz CT molecular complexity index is 349. The number of anilines is 1. The van der Waals surface area contributed by atoms with Crippen LogP contribution < -0.4 is 10.6 Å². The minimum atomic E-state index is 0.208. The fourth-order valence-electron chi connectivity index (χ4n) is 2.14. The maximum atomic E-state index is 5.96. The predicted octanol–water partition coefficient (Wildman–Crippen LogP) is 2.16. The molecule has 0 saturated heterocycles. The lowest BCUT2D eigenvalue weighted by Crippen LogP contribution is -2.42. The third-order valence-electron chi connectivity index (χ3n) is 2.99. The van der Waals surface area contributed by atoms with Gasteiger partial charge in [-0.25, -0.2) is 0 Å². The van der Waals surface area contributed by atoms with Gasteiger partial charge in [0.15, 0.2) is 0 Å². The van der Waals surface area contributed by atoms with E-state index in [2.05, 4.69) is 53.0 Å². The summed E-state index contributed by atoms with van der Waals surface area (Å²) >= 11 is 3.58. The number of nitrogens with zero attached hydrogens (tertiary/aromatic N) is 1. The summed E-state index contributed by atoms with van der Waals surface area (Å²) in [6, 6.07) is 6.96. The van der Waals surface area contributed by atoms with Crippen molar-refractivity contribution in [3.05, 3.63) is 28.2 Å². The second kappa shape index (κ2) is 3.55. The second-order valence-electron chi connectivity index (χ2n) is 3.98. The number of rotatable bonds is 1. The third kappa shape index (κ3) is 1.44. The maximum Gasteiger partial charge on any atom is 0.0476 e. The molecule has 2 atom stereocenters. The lowest BCUT2D eigenvalue weighted by molar-refractivity contribution is 0.556. The van der Waals surface area contributed by atoms with E-state index in [1.807, 2.05) is 0 Å². The van der Waals surface area contributed by atoms with E-state index in [1.165, 1.54) is 15.7 Å². The molecular formula is C11H15BrN2. The molecule has 2 unspecified atom stereocenters. The number of nitrogens with two attached hydrogens (primary N) is 1. The number of halogens is 1. The Balaban J connectivity index is 2.40. The molecule has 0 aromatic heterocycles. The molecule has 0 aliphatic carbocycles. The van der Waals surface area contributed by atoms with Gasteiger partial charge in [0, 0.05) is 29.3 Å². The van der Waals surface area contributed by atoms with Gasteiger partial charge in [-0.1, -0.05) is 22.0 Å². The number of fused-ring (bicyclic) bond motifs is 1. The first-order valence-corrected chi connectivity index (χ1v) is 5.66. The number of hydrogen-bond acceptors (Lipinski definition) is 2. The Morgan fingerprint density at radius 1 is 1.57 bits per heavy atom. The Labute approximate surface area is 93.2 Å². The van der Waals surface area contributed by atoms with E-state index in [-0.39, 0.29) is 6.04 Å². The highest BCUT2D eigenvalue weighted by Gasteiger charge is 2.29. The van der Waals surface area contributed by atoms with Crippen LogP contribution in [0.2, 0.25) is 0 Å². The van der Waals surface area contributed by atoms with E-state index < -0.39 is 0 Å². The molecule has 14 heavy (non-hydrogen) atoms. The van der Waals surface area contributed by atoms with Crippen LogP contribution in [0.25, 0.3) is 0 Å². The van der Waals surface area contributed by atoms with E-state index in [9.17, 15) is 0 Å². The van der Waals surface area contributed by atoms with E-state index in [0.717, 1.165) is 6.42 Å². The van der Waals surface area contributed by atoms with E-state index >= 15 is 0 Å². The second-order valence-corrected chi connectivity index (χ2v) is 4.83. The fourth-order valence-corrected chi connectivity index (χ4v) is 2.66. The minimum Gasteiger partial charge on any atom is -0.369 e. The van der Waals surface area contributed by atoms with Crippen LogP contribution in [0.3, 0.4) is 0 Å². The molecule has 0 spiro atoms. The SMILES string of the molecule is CC(N)C1Cc2c(Br)cccc2N1C. The smallest absolute Gasteiger partial charge is 0.0476 e. The summed E-state index contributed by atoms with van der Waals surface area (Å²) in [7, 11) is 2.12. The number of benzene rings is 1. The highest BCUT2D eigenvalue weighted by atomic mass is 79.9. The Kier molecular flexibility index (Phi) is 2.54. The van der Waals surface area contributed by atoms with Crippen LogP contribution >= 0.6 is 15.9 Å². The first-order chi connectivity index (χ1) is 6.61. The van der Waals surface area contributed by atoms with Crippen molar-refractivity contribution in [3.8, 4) is 0 Å². The van der Waals surface area contributed by atoms with Crippen LogP contribution in [0.5, 0.6) is 0 Å². The zero-order valence-corrected chi connectivity index (χ0v) is 10.1. The molecule has 0 bridgehead atoms. The van der Waals surface area contributed by atoms with Gasteiger partial charge in [-0.2, -0.15) is 0 Å². The molecule has 3 heteroatoms. The van der Waals surface area contributed by atoms with Crippen LogP contribution in [-0.4, -0.2) is 19.1 Å². The summed E-state index contributed by atoms with van der Waals surface area (Å²) < 4.78 is 1.20. The van der Waals surface area contributed by atoms with Gasteiger partial charge < -0.3 is 10.6 Å². The molecule has 0 saturated carbocycles. The van der Waals surface area contributed by atoms with Crippen molar-refractivity contribution >= 4 is 21.6 Å². The molecule has 2 rings (SSSR count). The predicted molar refractivity (Wildman–Crippen MR) is 63.7 cm³/mol. The van der Waals surface area contributed by atoms with Crippen molar-refractivity contribution in [1.82, 2.24) is 0 Å². The first kappa shape index (κ1) is 9.99. The molecule has 0 amide bonds. The van der Waals surface area contributed by atoms with Crippen LogP contribution in [0.4, 0.5) is 5.69 Å². The summed E-state index contributed by atoms with van der Waals surface area (Å²) in [6.45, 7) is 2.07. The normalized spacial score (nSPS) is 22.3. The lowest BCUT2D eigenvalue weighted by Gasteiger charge is -2.25. The van der Waals surface area contributed by atoms with Crippen molar-refractivity contribution in [3.63, 3.8) is 0 Å². The number of likely N-dealkylation sites (N-methyl/N-ethyl adjacent to an activating group) is 1. The summed E-state index contributed by atoms with van der Waals surface area (Å²) in [5, 5.41) is 0. The zero-order chi connectivity index (χ0) is 10.3. The van der Waals surface area contributed by atoms with E-state index in [4.69, 9.17) is 5.73 Å². The molecule has 2 N–H and O–H groups in total. The quantitative estimate of drug-likeness (QED) is 0.833. The van der Waals surface area contributed by atoms with Gasteiger partial charge in [0.25, 0.3) is 0 Å². The van der Waals surface area contributed by atoms with Crippen molar-refractivity contribution in [1.29, 1.82) is 0 Å². The largest absolute Gasteiger partial charge is 0.369 e. The van der Waals surface area contributed by atoms with Crippen LogP contribution in [0, 0.1) is 0 Å². The first-order valence-electron chi connectivity index (χ1n) is 4.87. The maximum absolute atomic E-state index is 5.96. The van der Waals surface area contributed by atoms with Crippen LogP contribution in [0.1, 0.15) is 12.5 Å². The molecule has 1 aliphatic rings. The van der Waals surface area contributed by atoms with Gasteiger partial charge in [-0.3, -0.25) is 0 Å². The van der Waals surface area contributed by atoms with Gasteiger partial charge in [-0.05, 0) is 31.0 Å². The average molecular weight is 255 g/mol. The highest BCUT2D eigenvalue weighted by molar-refractivity contribution is 9.10. The van der Waals surface area contributed by atoms with Crippen LogP contribution in [0.15, 0.2) is 22.7 Å². The molecule has 76 valence electrons. The van der Waals surface area contributed by atoms with Gasteiger partial charge in [-0.15, -0.1) is 0 Å². The summed E-state index contributed by atoms with van der Waals surface area (Å²) in [4.78, 5) is 2.28. The Hall–Kier alpha value is -0.540. The monoisotopic (exact) mass is 254 g/mol. The van der Waals surface area contributed by atoms with Crippen LogP contribution in [-0.2, 0) is 6.42 Å². The van der Waals surface area contributed by atoms with Crippen molar-refractivity contribution < 1.29 is 0 Å². The van der Waals surface area contributed by atoms with Crippen molar-refractivity contribution in [2.45, 2.75) is 25.4 Å². The summed E-state index contributed by atoms with van der Waals surface area (Å²) in [5.74, 6) is 0. The molecule has 1 aliphatic heterocycles. The third-order valence-corrected chi connectivity index (χ3v) is 3.73. The topological polar surface area (TPSA) is 29.3 Å². The molecule has 0 fully saturated rings. The zero-order valence-electron chi connectivity index (χ0n) is 8.50. The standard InChI is InChI=1S/C11H15BrN2/c1-7(13)11-6-8-9(12)4-3-5-10(8)14(11)2/h3-5,7,11H,6,13H2,1-2H3. The van der Waals surface area contributed by atoms with Crippen molar-refractivity contribution in [2.75, 3.05) is 11.9 Å². The molecule has 1 heterocycles. The Morgan fingerprint density at radius 2 is 2.29 bits per heavy atom. The van der Waals surface area contributed by atoms with Gasteiger partial charge >= 0.3 is 0 Å². The summed E-state index contributed by atoms with van der Waals surface area (Å²) in [6.07, 6.45) is 1.05. The highest BCUT2D eigenvalue weighted by Crippen LogP contribution is 2.36. The minimum absolute atomic E-state index is 0.208. The van der Waals surface area contributed by atoms with Gasteiger partial charge in [0.2, 0.25) is 0 Å². The lowest BCUT2D eigenvalue weighted by atomic mass is 10.1.